The van der Waals surface area contributed by atoms with Crippen LogP contribution in [0.1, 0.15) is 43.7 Å². The fourth-order valence-electron chi connectivity index (χ4n) is 4.68. The Bertz CT molecular complexity index is 1350. The molecule has 1 heterocycles. The Morgan fingerprint density at radius 1 is 0.914 bits per heavy atom. The van der Waals surface area contributed by atoms with Gasteiger partial charge in [-0.15, -0.1) is 5.10 Å². The van der Waals surface area contributed by atoms with E-state index in [-0.39, 0.29) is 12.5 Å². The molecule has 5 rings (SSSR count). The average molecular weight is 471 g/mol. The van der Waals surface area contributed by atoms with Gasteiger partial charge in [0.15, 0.2) is 0 Å². The summed E-state index contributed by atoms with van der Waals surface area (Å²) >= 11 is 0. The maximum Gasteiger partial charge on any atom is 0.408 e. The van der Waals surface area contributed by atoms with Crippen LogP contribution in [0.15, 0.2) is 72.8 Å². The lowest BCUT2D eigenvalue weighted by Crippen LogP contribution is -2.57. The van der Waals surface area contributed by atoms with Gasteiger partial charge in [0.2, 0.25) is 0 Å². The van der Waals surface area contributed by atoms with Crippen LogP contribution in [0.2, 0.25) is 0 Å². The number of rotatable bonds is 7. The lowest BCUT2D eigenvalue weighted by atomic mass is 9.93. The summed E-state index contributed by atoms with van der Waals surface area (Å²) in [6.07, 6.45) is -0.0332. The zero-order valence-corrected chi connectivity index (χ0v) is 19.6. The van der Waals surface area contributed by atoms with Crippen molar-refractivity contribution < 1.29 is 19.2 Å². The molecule has 178 valence electrons. The maximum absolute atomic E-state index is 13.2. The van der Waals surface area contributed by atoms with Gasteiger partial charge >= 0.3 is 12.1 Å². The third-order valence-corrected chi connectivity index (χ3v) is 6.77. The fraction of sp³-hybridized carbons (Fsp3) is 0.259. The first-order valence-electron chi connectivity index (χ1n) is 11.7. The number of nitrogens with one attached hydrogen (secondary N) is 1. The Hall–Kier alpha value is -4.20. The van der Waals surface area contributed by atoms with E-state index in [2.05, 4.69) is 39.9 Å². The summed E-state index contributed by atoms with van der Waals surface area (Å²) in [4.78, 5) is 32.7. The SMILES string of the molecule is CCC(CC)(NC(=O)OCC1c2ccccc2-c2ccccc21)C(=O)On1nnc2ccccc21. The Morgan fingerprint density at radius 3 is 2.17 bits per heavy atom. The Balaban J connectivity index is 1.30. The van der Waals surface area contributed by atoms with Crippen molar-refractivity contribution in [1.82, 2.24) is 20.5 Å². The van der Waals surface area contributed by atoms with Gasteiger partial charge in [-0.1, -0.05) is 79.4 Å². The van der Waals surface area contributed by atoms with E-state index in [1.165, 1.54) is 0 Å². The van der Waals surface area contributed by atoms with E-state index in [1.807, 2.05) is 44.2 Å². The highest BCUT2D eigenvalue weighted by atomic mass is 16.7. The molecule has 1 aliphatic rings. The van der Waals surface area contributed by atoms with Crippen molar-refractivity contribution in [3.8, 4) is 11.1 Å². The number of benzene rings is 3. The quantitative estimate of drug-likeness (QED) is 0.400. The number of alkyl carbamates (subject to hydrolysis) is 1. The van der Waals surface area contributed by atoms with Crippen molar-refractivity contribution in [2.45, 2.75) is 38.1 Å². The van der Waals surface area contributed by atoms with Crippen molar-refractivity contribution in [2.24, 2.45) is 0 Å². The number of hydrogen-bond acceptors (Lipinski definition) is 6. The Kier molecular flexibility index (Phi) is 5.94. The predicted octanol–water partition coefficient (Wildman–Crippen LogP) is 4.48. The van der Waals surface area contributed by atoms with Crippen molar-refractivity contribution in [1.29, 1.82) is 0 Å². The zero-order valence-electron chi connectivity index (χ0n) is 19.6. The molecule has 35 heavy (non-hydrogen) atoms. The van der Waals surface area contributed by atoms with E-state index >= 15 is 0 Å². The largest absolute Gasteiger partial charge is 0.449 e. The van der Waals surface area contributed by atoms with Crippen molar-refractivity contribution in [3.05, 3.63) is 83.9 Å². The number of amides is 1. The molecule has 0 saturated heterocycles. The van der Waals surface area contributed by atoms with E-state index in [1.54, 1.807) is 18.2 Å². The summed E-state index contributed by atoms with van der Waals surface area (Å²) in [7, 11) is 0. The van der Waals surface area contributed by atoms with Crippen LogP contribution >= 0.6 is 0 Å². The van der Waals surface area contributed by atoms with Crippen LogP contribution < -0.4 is 10.2 Å². The molecule has 0 radical (unpaired) electrons. The lowest BCUT2D eigenvalue weighted by molar-refractivity contribution is -0.153. The topological polar surface area (TPSA) is 95.3 Å². The Labute approximate surface area is 202 Å². The third kappa shape index (κ3) is 4.01. The molecule has 0 bridgehead atoms. The second kappa shape index (κ2) is 9.21. The Morgan fingerprint density at radius 2 is 1.51 bits per heavy atom. The van der Waals surface area contributed by atoms with Gasteiger partial charge in [0.1, 0.15) is 23.2 Å². The molecule has 0 unspecified atom stereocenters. The zero-order chi connectivity index (χ0) is 24.4. The van der Waals surface area contributed by atoms with Gasteiger partial charge in [-0.25, -0.2) is 9.59 Å². The molecule has 0 fully saturated rings. The summed E-state index contributed by atoms with van der Waals surface area (Å²) in [5, 5.41) is 10.7. The van der Waals surface area contributed by atoms with Crippen LogP contribution in [0.5, 0.6) is 0 Å². The molecule has 4 aromatic rings. The number of nitrogens with zero attached hydrogens (tertiary/aromatic N) is 3. The maximum atomic E-state index is 13.2. The van der Waals surface area contributed by atoms with Crippen LogP contribution in [0.3, 0.4) is 0 Å². The van der Waals surface area contributed by atoms with Gasteiger partial charge in [0, 0.05) is 5.92 Å². The molecular formula is C27H26N4O4. The summed E-state index contributed by atoms with van der Waals surface area (Å²) < 4.78 is 5.66. The van der Waals surface area contributed by atoms with E-state index < -0.39 is 17.6 Å². The second-order valence-corrected chi connectivity index (χ2v) is 8.57. The molecule has 1 amide bonds. The van der Waals surface area contributed by atoms with Crippen molar-refractivity contribution in [3.63, 3.8) is 0 Å². The van der Waals surface area contributed by atoms with E-state index in [9.17, 15) is 9.59 Å². The first-order chi connectivity index (χ1) is 17.1. The molecule has 3 aromatic carbocycles. The highest BCUT2D eigenvalue weighted by Crippen LogP contribution is 2.44. The molecule has 0 aliphatic heterocycles. The third-order valence-electron chi connectivity index (χ3n) is 6.77. The smallest absolute Gasteiger partial charge is 0.408 e. The minimum Gasteiger partial charge on any atom is -0.449 e. The average Bonchev–Trinajstić information content (AvgIpc) is 3.45. The number of fused-ring (bicyclic) bond motifs is 4. The van der Waals surface area contributed by atoms with Gasteiger partial charge in [-0.05, 0) is 52.4 Å². The summed E-state index contributed by atoms with van der Waals surface area (Å²) in [6.45, 7) is 3.79. The van der Waals surface area contributed by atoms with Crippen LogP contribution in [0.4, 0.5) is 4.79 Å². The number of carbonyl (C=O) groups is 2. The predicted molar refractivity (Wildman–Crippen MR) is 131 cm³/mol. The number of aromatic nitrogens is 3. The van der Waals surface area contributed by atoms with E-state index in [0.717, 1.165) is 27.1 Å². The second-order valence-electron chi connectivity index (χ2n) is 8.57. The molecule has 8 nitrogen and oxygen atoms in total. The number of para-hydroxylation sites is 1. The lowest BCUT2D eigenvalue weighted by Gasteiger charge is -2.29. The fourth-order valence-corrected chi connectivity index (χ4v) is 4.68. The van der Waals surface area contributed by atoms with E-state index in [4.69, 9.17) is 9.57 Å². The number of carbonyl (C=O) groups excluding carboxylic acids is 2. The minimum atomic E-state index is -1.27. The van der Waals surface area contributed by atoms with Crippen LogP contribution in [0.25, 0.3) is 22.2 Å². The first kappa shape index (κ1) is 22.6. The highest BCUT2D eigenvalue weighted by molar-refractivity contribution is 5.86. The van der Waals surface area contributed by atoms with Gasteiger partial charge in [0.05, 0.1) is 0 Å². The molecule has 1 N–H and O–H groups in total. The van der Waals surface area contributed by atoms with Gasteiger partial charge < -0.3 is 14.9 Å². The molecule has 8 heteroatoms. The molecule has 1 aliphatic carbocycles. The van der Waals surface area contributed by atoms with Crippen LogP contribution in [-0.4, -0.2) is 39.4 Å². The first-order valence-corrected chi connectivity index (χ1v) is 11.7. The molecule has 0 atom stereocenters. The van der Waals surface area contributed by atoms with Crippen molar-refractivity contribution >= 4 is 23.1 Å². The van der Waals surface area contributed by atoms with Gasteiger partial charge in [-0.3, -0.25) is 0 Å². The minimum absolute atomic E-state index is 0.0701. The normalized spacial score (nSPS) is 12.7. The highest BCUT2D eigenvalue weighted by Gasteiger charge is 2.40. The molecule has 0 saturated carbocycles. The summed E-state index contributed by atoms with van der Waals surface area (Å²) in [5.74, 6) is -0.703. The standard InChI is InChI=1S/C27H26N4O4/c1-3-27(4-2,25(32)35-31-24-16-10-9-15-23(24)29-30-31)28-26(33)34-17-22-20-13-7-5-11-18(20)19-12-6-8-14-21(19)22/h5-16,22H,3-4,17H2,1-2H3,(H,28,33). The molecular weight excluding hydrogens is 444 g/mol. The molecule has 0 spiro atoms. The number of ether oxygens (including phenoxy) is 1. The van der Waals surface area contributed by atoms with Gasteiger partial charge in [-0.2, -0.15) is 0 Å². The van der Waals surface area contributed by atoms with Crippen LogP contribution in [-0.2, 0) is 9.53 Å². The van der Waals surface area contributed by atoms with Gasteiger partial charge in [0.25, 0.3) is 0 Å². The summed E-state index contributed by atoms with van der Waals surface area (Å²) in [6, 6.07) is 23.4. The van der Waals surface area contributed by atoms with E-state index in [0.29, 0.717) is 23.9 Å². The van der Waals surface area contributed by atoms with Crippen molar-refractivity contribution in [2.75, 3.05) is 6.61 Å². The molecule has 1 aromatic heterocycles. The number of hydrogen-bond donors (Lipinski definition) is 1. The summed E-state index contributed by atoms with van der Waals surface area (Å²) in [5.41, 5.74) is 4.43. The monoisotopic (exact) mass is 470 g/mol. The van der Waals surface area contributed by atoms with Crippen LogP contribution in [0, 0.1) is 0 Å².